The standard InChI is InChI=1S/C12H17NOS/c1-12(2)3-5-13(6-4-12)10-7-11(8-14)15-9-10/h7-9H,3-6H2,1-2H3. The molecule has 0 atom stereocenters. The van der Waals surface area contributed by atoms with Crippen LogP contribution in [0, 0.1) is 5.41 Å². The van der Waals surface area contributed by atoms with Gasteiger partial charge in [-0.3, -0.25) is 4.79 Å². The third kappa shape index (κ3) is 2.40. The maximum absolute atomic E-state index is 10.6. The van der Waals surface area contributed by atoms with Gasteiger partial charge in [-0.25, -0.2) is 0 Å². The second kappa shape index (κ2) is 3.97. The van der Waals surface area contributed by atoms with Crippen LogP contribution in [-0.4, -0.2) is 19.4 Å². The molecule has 1 fully saturated rings. The summed E-state index contributed by atoms with van der Waals surface area (Å²) in [4.78, 5) is 13.8. The molecule has 0 saturated carbocycles. The molecule has 15 heavy (non-hydrogen) atoms. The second-order valence-corrected chi connectivity index (χ2v) is 5.92. The molecule has 1 aromatic rings. The van der Waals surface area contributed by atoms with Crippen molar-refractivity contribution in [3.05, 3.63) is 16.3 Å². The molecule has 0 unspecified atom stereocenters. The molecule has 0 N–H and O–H groups in total. The monoisotopic (exact) mass is 223 g/mol. The van der Waals surface area contributed by atoms with Crippen LogP contribution in [0.25, 0.3) is 0 Å². The molecule has 0 radical (unpaired) electrons. The first kappa shape index (κ1) is 10.7. The van der Waals surface area contributed by atoms with Crippen LogP contribution in [0.1, 0.15) is 36.4 Å². The highest BCUT2D eigenvalue weighted by Crippen LogP contribution is 2.33. The zero-order chi connectivity index (χ0) is 10.9. The summed E-state index contributed by atoms with van der Waals surface area (Å²) in [6.45, 7) is 6.88. The fraction of sp³-hybridized carbons (Fsp3) is 0.583. The van der Waals surface area contributed by atoms with E-state index in [4.69, 9.17) is 0 Å². The van der Waals surface area contributed by atoms with Crippen molar-refractivity contribution < 1.29 is 4.79 Å². The molecule has 1 aliphatic rings. The number of hydrogen-bond donors (Lipinski definition) is 0. The topological polar surface area (TPSA) is 20.3 Å². The van der Waals surface area contributed by atoms with E-state index in [0.717, 1.165) is 24.3 Å². The maximum atomic E-state index is 10.6. The number of nitrogens with zero attached hydrogens (tertiary/aromatic N) is 1. The molecule has 1 aromatic heterocycles. The van der Waals surface area contributed by atoms with E-state index in [-0.39, 0.29) is 0 Å². The quantitative estimate of drug-likeness (QED) is 0.718. The van der Waals surface area contributed by atoms with Crippen LogP contribution >= 0.6 is 11.3 Å². The van der Waals surface area contributed by atoms with Gasteiger partial charge in [-0.1, -0.05) is 13.8 Å². The maximum Gasteiger partial charge on any atom is 0.160 e. The number of hydrogen-bond acceptors (Lipinski definition) is 3. The lowest BCUT2D eigenvalue weighted by atomic mass is 9.82. The fourth-order valence-corrected chi connectivity index (χ4v) is 2.66. The highest BCUT2D eigenvalue weighted by atomic mass is 32.1. The van der Waals surface area contributed by atoms with Crippen molar-refractivity contribution in [2.75, 3.05) is 18.0 Å². The summed E-state index contributed by atoms with van der Waals surface area (Å²) < 4.78 is 0. The Morgan fingerprint density at radius 2 is 2.07 bits per heavy atom. The van der Waals surface area contributed by atoms with Crippen LogP contribution in [0.4, 0.5) is 5.69 Å². The second-order valence-electron chi connectivity index (χ2n) is 4.98. The molecule has 82 valence electrons. The van der Waals surface area contributed by atoms with Gasteiger partial charge in [-0.05, 0) is 24.3 Å². The van der Waals surface area contributed by atoms with Crippen molar-refractivity contribution in [1.29, 1.82) is 0 Å². The van der Waals surface area contributed by atoms with Gasteiger partial charge in [0.2, 0.25) is 0 Å². The van der Waals surface area contributed by atoms with Crippen LogP contribution in [-0.2, 0) is 0 Å². The molecule has 3 heteroatoms. The van der Waals surface area contributed by atoms with Gasteiger partial charge in [-0.15, -0.1) is 11.3 Å². The van der Waals surface area contributed by atoms with Crippen LogP contribution in [0.3, 0.4) is 0 Å². The lowest BCUT2D eigenvalue weighted by molar-refractivity contribution is 0.112. The van der Waals surface area contributed by atoms with Gasteiger partial charge in [0.05, 0.1) is 4.88 Å². The summed E-state index contributed by atoms with van der Waals surface area (Å²) in [6.07, 6.45) is 3.40. The highest BCUT2D eigenvalue weighted by molar-refractivity contribution is 7.12. The van der Waals surface area contributed by atoms with E-state index < -0.39 is 0 Å². The lowest BCUT2D eigenvalue weighted by Crippen LogP contribution is -2.37. The predicted molar refractivity (Wildman–Crippen MR) is 64.9 cm³/mol. The van der Waals surface area contributed by atoms with Crippen molar-refractivity contribution in [2.24, 2.45) is 5.41 Å². The minimum atomic E-state index is 0.486. The molecule has 2 nitrogen and oxygen atoms in total. The van der Waals surface area contributed by atoms with E-state index in [2.05, 4.69) is 24.1 Å². The number of thiophene rings is 1. The van der Waals surface area contributed by atoms with E-state index in [0.29, 0.717) is 5.41 Å². The van der Waals surface area contributed by atoms with Gasteiger partial charge in [0.25, 0.3) is 0 Å². The number of piperidine rings is 1. The third-order valence-corrected chi connectivity index (χ3v) is 4.05. The van der Waals surface area contributed by atoms with E-state index >= 15 is 0 Å². The Morgan fingerprint density at radius 3 is 2.60 bits per heavy atom. The zero-order valence-electron chi connectivity index (χ0n) is 9.32. The summed E-state index contributed by atoms with van der Waals surface area (Å²) in [5.74, 6) is 0. The van der Waals surface area contributed by atoms with Crippen molar-refractivity contribution in [2.45, 2.75) is 26.7 Å². The first-order valence-corrected chi connectivity index (χ1v) is 6.27. The first-order valence-electron chi connectivity index (χ1n) is 5.39. The van der Waals surface area contributed by atoms with Crippen LogP contribution in [0.2, 0.25) is 0 Å². The molecule has 1 saturated heterocycles. The average Bonchev–Trinajstić information content (AvgIpc) is 2.66. The minimum Gasteiger partial charge on any atom is -0.371 e. The van der Waals surface area contributed by atoms with Gasteiger partial charge in [-0.2, -0.15) is 0 Å². The molecule has 1 aliphatic heterocycles. The Hall–Kier alpha value is -0.830. The molecular formula is C12H17NOS. The fourth-order valence-electron chi connectivity index (χ4n) is 1.94. The Morgan fingerprint density at radius 1 is 1.40 bits per heavy atom. The van der Waals surface area contributed by atoms with Gasteiger partial charge in [0.1, 0.15) is 0 Å². The average molecular weight is 223 g/mol. The van der Waals surface area contributed by atoms with Crippen molar-refractivity contribution in [3.8, 4) is 0 Å². The lowest BCUT2D eigenvalue weighted by Gasteiger charge is -2.37. The number of anilines is 1. The molecule has 0 spiro atoms. The minimum absolute atomic E-state index is 0.486. The number of carbonyl (C=O) groups is 1. The Kier molecular flexibility index (Phi) is 2.83. The van der Waals surface area contributed by atoms with Gasteiger partial charge < -0.3 is 4.90 Å². The zero-order valence-corrected chi connectivity index (χ0v) is 10.1. The third-order valence-electron chi connectivity index (χ3n) is 3.20. The van der Waals surface area contributed by atoms with Gasteiger partial charge in [0.15, 0.2) is 6.29 Å². The summed E-state index contributed by atoms with van der Waals surface area (Å²) in [5.41, 5.74) is 1.71. The number of rotatable bonds is 2. The molecule has 2 heterocycles. The van der Waals surface area contributed by atoms with E-state index in [1.165, 1.54) is 29.9 Å². The van der Waals surface area contributed by atoms with Crippen LogP contribution < -0.4 is 4.90 Å². The van der Waals surface area contributed by atoms with Crippen molar-refractivity contribution in [3.63, 3.8) is 0 Å². The van der Waals surface area contributed by atoms with Crippen LogP contribution in [0.5, 0.6) is 0 Å². The predicted octanol–water partition coefficient (Wildman–Crippen LogP) is 3.19. The summed E-state index contributed by atoms with van der Waals surface area (Å²) in [7, 11) is 0. The van der Waals surface area contributed by atoms with Crippen molar-refractivity contribution in [1.82, 2.24) is 0 Å². The largest absolute Gasteiger partial charge is 0.371 e. The molecule has 0 bridgehead atoms. The van der Waals surface area contributed by atoms with Gasteiger partial charge in [0, 0.05) is 24.2 Å². The normalized spacial score (nSPS) is 20.3. The molecule has 2 rings (SSSR count). The summed E-state index contributed by atoms with van der Waals surface area (Å²) >= 11 is 1.53. The van der Waals surface area contributed by atoms with E-state index in [1.807, 2.05) is 6.07 Å². The number of aldehydes is 1. The van der Waals surface area contributed by atoms with E-state index in [1.54, 1.807) is 0 Å². The molecule has 0 aromatic carbocycles. The molecule has 0 amide bonds. The first-order chi connectivity index (χ1) is 7.11. The summed E-state index contributed by atoms with van der Waals surface area (Å²) in [5, 5.41) is 2.09. The number of carbonyl (C=O) groups excluding carboxylic acids is 1. The van der Waals surface area contributed by atoms with Gasteiger partial charge >= 0.3 is 0 Å². The Balaban J connectivity index is 2.04. The molecular weight excluding hydrogens is 206 g/mol. The Bertz CT molecular complexity index is 346. The highest BCUT2D eigenvalue weighted by Gasteiger charge is 2.25. The van der Waals surface area contributed by atoms with E-state index in [9.17, 15) is 4.79 Å². The SMILES string of the molecule is CC1(C)CCN(c2csc(C=O)c2)CC1. The summed E-state index contributed by atoms with van der Waals surface area (Å²) in [6, 6.07) is 2.00. The molecule has 0 aliphatic carbocycles. The van der Waals surface area contributed by atoms with Crippen molar-refractivity contribution >= 4 is 23.3 Å². The Labute approximate surface area is 94.9 Å². The van der Waals surface area contributed by atoms with Crippen LogP contribution in [0.15, 0.2) is 11.4 Å². The smallest absolute Gasteiger partial charge is 0.160 e.